The Hall–Kier alpha value is -2.47. The summed E-state index contributed by atoms with van der Waals surface area (Å²) >= 11 is 10.8. The maximum absolute atomic E-state index is 11.1. The minimum atomic E-state index is -4.49. The zero-order valence-corrected chi connectivity index (χ0v) is 31.5. The van der Waals surface area contributed by atoms with Gasteiger partial charge in [-0.15, -0.1) is 0 Å². The molecule has 0 saturated heterocycles. The Morgan fingerprint density at radius 1 is 1.02 bits per heavy atom. The Bertz CT molecular complexity index is 1850. The van der Waals surface area contributed by atoms with Crippen LogP contribution < -0.4 is 10.4 Å². The fraction of sp³-hybridized carbons (Fsp3) is 0.432. The molecule has 11 heteroatoms. The number of rotatable bonds is 12. The highest BCUT2D eigenvalue weighted by Crippen LogP contribution is 2.48. The molecule has 5 rings (SSSR count). The quantitative estimate of drug-likeness (QED) is 0.104. The number of methoxy groups -OCH3 is 1. The van der Waals surface area contributed by atoms with Crippen molar-refractivity contribution >= 4 is 68.3 Å². The number of nitrogens with zero attached hydrogens (tertiary/aromatic N) is 2. The van der Waals surface area contributed by atoms with Crippen LogP contribution in [0.25, 0.3) is 0 Å². The molecule has 2 heterocycles. The standard InChI is InChI=1S/C37H43BBrClN2O5S/c1-36(2)29-23-27(38)13-15-31(29)41(19-7-21-46-5)33(36)17-11-25-9-6-10-26(35(25)40)12-18-34-37(3,4)30-24-28(39)14-16-32(30)42(34)20-8-22-47-48(43,44)45/h11-18,23-24H,6-10,19-22H2,1-5H3/p+1. The number of hydrogen-bond acceptors (Lipinski definition) is 5. The highest BCUT2D eigenvalue weighted by atomic mass is 79.9. The van der Waals surface area contributed by atoms with Gasteiger partial charge in [-0.2, -0.15) is 13.0 Å². The lowest BCUT2D eigenvalue weighted by Crippen LogP contribution is -2.28. The van der Waals surface area contributed by atoms with Gasteiger partial charge in [-0.1, -0.05) is 71.1 Å². The third kappa shape index (κ3) is 7.79. The molecule has 0 atom stereocenters. The van der Waals surface area contributed by atoms with Crippen molar-refractivity contribution in [3.8, 4) is 0 Å². The molecule has 1 aliphatic carbocycles. The third-order valence-electron chi connectivity index (χ3n) is 9.60. The second kappa shape index (κ2) is 14.8. The number of hydrogen-bond donors (Lipinski definition) is 1. The molecule has 1 N–H and O–H groups in total. The first-order chi connectivity index (χ1) is 22.6. The van der Waals surface area contributed by atoms with Crippen LogP contribution in [0.15, 0.2) is 87.1 Å². The van der Waals surface area contributed by atoms with Gasteiger partial charge in [0.05, 0.1) is 12.0 Å². The van der Waals surface area contributed by atoms with Crippen LogP contribution in [0.4, 0.5) is 11.4 Å². The summed E-state index contributed by atoms with van der Waals surface area (Å²) in [4.78, 5) is 2.39. The molecule has 2 aromatic carbocycles. The molecule has 0 unspecified atom stereocenters. The largest absolute Gasteiger partial charge is 0.397 e. The van der Waals surface area contributed by atoms with Crippen LogP contribution in [-0.2, 0) is 30.1 Å². The average molecular weight is 755 g/mol. The molecule has 3 aliphatic rings. The zero-order valence-electron chi connectivity index (χ0n) is 28.4. The van der Waals surface area contributed by atoms with E-state index in [1.165, 1.54) is 22.5 Å². The Morgan fingerprint density at radius 3 is 2.52 bits per heavy atom. The van der Waals surface area contributed by atoms with Crippen LogP contribution in [0.3, 0.4) is 0 Å². The molecular formula is C37H44BBrClN2O5S+. The van der Waals surface area contributed by atoms with Gasteiger partial charge in [0.2, 0.25) is 5.69 Å². The van der Waals surface area contributed by atoms with Crippen molar-refractivity contribution in [2.24, 2.45) is 0 Å². The molecule has 254 valence electrons. The highest BCUT2D eigenvalue weighted by molar-refractivity contribution is 9.10. The molecule has 0 aromatic heterocycles. The molecule has 2 radical (unpaired) electrons. The molecule has 2 aromatic rings. The van der Waals surface area contributed by atoms with E-state index in [1.54, 1.807) is 7.11 Å². The minimum Gasteiger partial charge on any atom is -0.385 e. The number of benzene rings is 2. The summed E-state index contributed by atoms with van der Waals surface area (Å²) in [5.41, 5.74) is 9.32. The maximum atomic E-state index is 11.1. The summed E-state index contributed by atoms with van der Waals surface area (Å²) < 4.78 is 44.4. The number of fused-ring (bicyclic) bond motifs is 2. The first-order valence-corrected chi connectivity index (χ1v) is 18.9. The van der Waals surface area contributed by atoms with Gasteiger partial charge < -0.3 is 9.64 Å². The van der Waals surface area contributed by atoms with Crippen LogP contribution >= 0.6 is 27.5 Å². The fourth-order valence-electron chi connectivity index (χ4n) is 7.14. The van der Waals surface area contributed by atoms with Crippen molar-refractivity contribution < 1.29 is 26.5 Å². The molecule has 0 amide bonds. The summed E-state index contributed by atoms with van der Waals surface area (Å²) in [6.45, 7) is 10.8. The number of anilines is 1. The summed E-state index contributed by atoms with van der Waals surface area (Å²) in [6.07, 6.45) is 12.8. The van der Waals surface area contributed by atoms with Crippen molar-refractivity contribution in [2.75, 3.05) is 38.3 Å². The first kappa shape index (κ1) is 36.8. The molecule has 0 fully saturated rings. The average Bonchev–Trinajstić information content (AvgIpc) is 3.35. The predicted molar refractivity (Wildman–Crippen MR) is 200 cm³/mol. The smallest absolute Gasteiger partial charge is 0.385 e. The van der Waals surface area contributed by atoms with Crippen LogP contribution in [0.1, 0.15) is 70.9 Å². The Morgan fingerprint density at radius 2 is 1.79 bits per heavy atom. The van der Waals surface area contributed by atoms with Crippen LogP contribution in [0.5, 0.6) is 0 Å². The number of ether oxygens (including phenoxy) is 1. The summed E-state index contributed by atoms with van der Waals surface area (Å²) in [5, 5.41) is 0.780. The van der Waals surface area contributed by atoms with Gasteiger partial charge >= 0.3 is 10.4 Å². The Balaban J connectivity index is 1.47. The lowest BCUT2D eigenvalue weighted by molar-refractivity contribution is -0.438. The second-order valence-corrected chi connectivity index (χ2v) is 16.0. The van der Waals surface area contributed by atoms with Crippen LogP contribution in [0, 0.1) is 0 Å². The van der Waals surface area contributed by atoms with E-state index in [9.17, 15) is 8.42 Å². The summed E-state index contributed by atoms with van der Waals surface area (Å²) in [5.74, 6) is 0. The van der Waals surface area contributed by atoms with Gasteiger partial charge in [0, 0.05) is 70.7 Å². The third-order valence-corrected chi connectivity index (χ3v) is 11.0. The normalized spacial score (nSPS) is 20.5. The van der Waals surface area contributed by atoms with Gasteiger partial charge in [-0.3, -0.25) is 4.55 Å². The van der Waals surface area contributed by atoms with E-state index in [1.807, 2.05) is 12.1 Å². The molecule has 0 bridgehead atoms. The van der Waals surface area contributed by atoms with Crippen molar-refractivity contribution in [1.82, 2.24) is 0 Å². The molecule has 2 aliphatic heterocycles. The van der Waals surface area contributed by atoms with E-state index in [2.05, 4.69) is 106 Å². The van der Waals surface area contributed by atoms with E-state index in [4.69, 9.17) is 28.7 Å². The molecular weight excluding hydrogens is 711 g/mol. The van der Waals surface area contributed by atoms with E-state index in [0.29, 0.717) is 19.6 Å². The Labute approximate surface area is 300 Å². The topological polar surface area (TPSA) is 79.1 Å². The van der Waals surface area contributed by atoms with Crippen molar-refractivity contribution in [3.05, 3.63) is 98.2 Å². The Kier molecular flexibility index (Phi) is 11.3. The number of halogens is 2. The van der Waals surface area contributed by atoms with Gasteiger partial charge in [-0.25, -0.2) is 4.18 Å². The maximum Gasteiger partial charge on any atom is 0.397 e. The molecule has 0 spiro atoms. The molecule has 7 nitrogen and oxygen atoms in total. The lowest BCUT2D eigenvalue weighted by atomic mass is 9.80. The van der Waals surface area contributed by atoms with E-state index < -0.39 is 10.4 Å². The van der Waals surface area contributed by atoms with Gasteiger partial charge in [-0.05, 0) is 80.5 Å². The van der Waals surface area contributed by atoms with Crippen molar-refractivity contribution in [1.29, 1.82) is 0 Å². The van der Waals surface area contributed by atoms with E-state index in [0.717, 1.165) is 69.7 Å². The second-order valence-electron chi connectivity index (χ2n) is 13.6. The van der Waals surface area contributed by atoms with E-state index in [-0.39, 0.29) is 17.4 Å². The van der Waals surface area contributed by atoms with Crippen LogP contribution in [0.2, 0.25) is 0 Å². The van der Waals surface area contributed by atoms with Gasteiger partial charge in [0.1, 0.15) is 7.85 Å². The van der Waals surface area contributed by atoms with Gasteiger partial charge in [0.15, 0.2) is 12.3 Å². The highest BCUT2D eigenvalue weighted by Gasteiger charge is 2.44. The summed E-state index contributed by atoms with van der Waals surface area (Å²) in [7, 11) is 3.47. The monoisotopic (exact) mass is 753 g/mol. The molecule has 48 heavy (non-hydrogen) atoms. The fourth-order valence-corrected chi connectivity index (χ4v) is 8.15. The van der Waals surface area contributed by atoms with Crippen molar-refractivity contribution in [2.45, 2.75) is 70.6 Å². The summed E-state index contributed by atoms with van der Waals surface area (Å²) in [6, 6.07) is 12.4. The minimum absolute atomic E-state index is 0.113. The number of allylic oxidation sites excluding steroid dienone is 8. The SMILES string of the molecule is [B]c1ccc2c(c1)C(C)(C)C(=CC=C1CCCC(C=CC3=[N+](CCCOS(=O)(=O)O)c4ccc(Br)cc4C3(C)C)=C1Cl)N2CCCOC. The molecule has 0 saturated carbocycles. The lowest BCUT2D eigenvalue weighted by Gasteiger charge is -2.27. The van der Waals surface area contributed by atoms with E-state index >= 15 is 0 Å². The zero-order chi connectivity index (χ0) is 34.9. The predicted octanol–water partition coefficient (Wildman–Crippen LogP) is 7.71. The first-order valence-electron chi connectivity index (χ1n) is 16.4. The van der Waals surface area contributed by atoms with Crippen molar-refractivity contribution in [3.63, 3.8) is 0 Å². The van der Waals surface area contributed by atoms with Gasteiger partial charge in [0.25, 0.3) is 0 Å². The van der Waals surface area contributed by atoms with Crippen LogP contribution in [-0.4, -0.2) is 64.5 Å².